The third-order valence-electron chi connectivity index (χ3n) is 9.82. The van der Waals surface area contributed by atoms with Gasteiger partial charge in [-0.2, -0.15) is 0 Å². The molecular weight excluding hydrogens is 335 g/mol. The summed E-state index contributed by atoms with van der Waals surface area (Å²) in [6.45, 7) is 2.45. The van der Waals surface area contributed by atoms with Crippen molar-refractivity contribution in [3.63, 3.8) is 0 Å². The minimum atomic E-state index is -0.639. The molecule has 0 aromatic carbocycles. The molecule has 2 heterocycles. The van der Waals surface area contributed by atoms with Crippen molar-refractivity contribution in [1.82, 2.24) is 0 Å². The highest BCUT2D eigenvalue weighted by molar-refractivity contribution is 4.99. The van der Waals surface area contributed by atoms with E-state index >= 15 is 0 Å². The number of fused-ring (bicyclic) bond motifs is 2. The van der Waals surface area contributed by atoms with Crippen molar-refractivity contribution in [3.8, 4) is 0 Å². The minimum absolute atomic E-state index is 0.0375. The van der Waals surface area contributed by atoms with Crippen LogP contribution in [0, 0.1) is 41.4 Å². The highest BCUT2D eigenvalue weighted by Gasteiger charge is 2.51. The molecule has 2 atom stereocenters. The summed E-state index contributed by atoms with van der Waals surface area (Å²) >= 11 is 0. The van der Waals surface area contributed by atoms with Gasteiger partial charge >= 0.3 is 0 Å². The van der Waals surface area contributed by atoms with Gasteiger partial charge in [-0.1, -0.05) is 19.8 Å². The van der Waals surface area contributed by atoms with E-state index in [1.165, 1.54) is 77.0 Å². The van der Waals surface area contributed by atoms with E-state index in [1.54, 1.807) is 0 Å². The second kappa shape index (κ2) is 7.96. The Morgan fingerprint density at radius 2 is 0.852 bits per heavy atom. The summed E-state index contributed by atoms with van der Waals surface area (Å²) in [5.41, 5.74) is 0. The van der Waals surface area contributed by atoms with E-state index in [0.29, 0.717) is 0 Å². The number of hydrogen-bond acceptors (Lipinski definition) is 1. The fraction of sp³-hybridized carbons (Fsp3) is 1.00. The Labute approximate surface area is 166 Å². The molecule has 27 heavy (non-hydrogen) atoms. The van der Waals surface area contributed by atoms with Crippen LogP contribution in [0.2, 0.25) is 0 Å². The first kappa shape index (κ1) is 18.9. The highest BCUT2D eigenvalue weighted by atomic mass is 19.1. The summed E-state index contributed by atoms with van der Waals surface area (Å²) in [7, 11) is 0. The van der Waals surface area contributed by atoms with Crippen molar-refractivity contribution in [1.29, 1.82) is 0 Å². The maximum absolute atomic E-state index is 13.7. The van der Waals surface area contributed by atoms with E-state index in [9.17, 15) is 4.39 Å². The van der Waals surface area contributed by atoms with E-state index in [2.05, 4.69) is 6.92 Å². The van der Waals surface area contributed by atoms with Gasteiger partial charge in [0, 0.05) is 0 Å². The van der Waals surface area contributed by atoms with Crippen LogP contribution in [0.15, 0.2) is 0 Å². The number of ether oxygens (including phenoxy) is 1. The second-order valence-corrected chi connectivity index (χ2v) is 11.3. The predicted octanol–water partition coefficient (Wildman–Crippen LogP) is 6.94. The van der Waals surface area contributed by atoms with Crippen molar-refractivity contribution >= 4 is 0 Å². The molecule has 4 saturated carbocycles. The Morgan fingerprint density at radius 1 is 0.519 bits per heavy atom. The number of rotatable bonds is 3. The number of hydrogen-bond donors (Lipinski definition) is 0. The van der Waals surface area contributed by atoms with Gasteiger partial charge < -0.3 is 4.74 Å². The van der Waals surface area contributed by atoms with Gasteiger partial charge in [-0.3, -0.25) is 0 Å². The van der Waals surface area contributed by atoms with E-state index in [4.69, 9.17) is 4.74 Å². The van der Waals surface area contributed by atoms with Crippen molar-refractivity contribution in [2.24, 2.45) is 41.4 Å². The summed E-state index contributed by atoms with van der Waals surface area (Å²) in [6, 6.07) is 0. The molecule has 4 aliphatic carbocycles. The van der Waals surface area contributed by atoms with Gasteiger partial charge in [-0.25, -0.2) is 4.39 Å². The van der Waals surface area contributed by atoms with Crippen LogP contribution >= 0.6 is 0 Å². The Morgan fingerprint density at radius 3 is 1.22 bits per heavy atom. The molecule has 6 fully saturated rings. The molecule has 2 heteroatoms. The zero-order chi connectivity index (χ0) is 18.4. The minimum Gasteiger partial charge on any atom is -0.369 e. The lowest BCUT2D eigenvalue weighted by Gasteiger charge is -2.51. The van der Waals surface area contributed by atoms with Gasteiger partial charge in [0.1, 0.15) is 0 Å². The van der Waals surface area contributed by atoms with E-state index in [0.717, 1.165) is 54.3 Å². The van der Waals surface area contributed by atoms with Crippen LogP contribution in [0.5, 0.6) is 0 Å². The van der Waals surface area contributed by atoms with Crippen molar-refractivity contribution < 1.29 is 9.13 Å². The number of alkyl halides is 1. The normalized spacial score (nSPS) is 53.6. The van der Waals surface area contributed by atoms with Crippen molar-refractivity contribution in [2.45, 2.75) is 115 Å². The quantitative estimate of drug-likeness (QED) is 0.518. The lowest BCUT2D eigenvalue weighted by molar-refractivity contribution is -0.237. The Hall–Kier alpha value is -0.110. The molecule has 1 nitrogen and oxygen atoms in total. The third-order valence-corrected chi connectivity index (χ3v) is 9.82. The average molecular weight is 377 g/mol. The molecule has 154 valence electrons. The van der Waals surface area contributed by atoms with Crippen LogP contribution in [0.4, 0.5) is 4.39 Å². The molecule has 2 bridgehead atoms. The van der Waals surface area contributed by atoms with E-state index in [-0.39, 0.29) is 12.2 Å². The smallest absolute Gasteiger partial charge is 0.152 e. The Bertz CT molecular complexity index is 471. The predicted molar refractivity (Wildman–Crippen MR) is 108 cm³/mol. The molecule has 0 radical (unpaired) electrons. The zero-order valence-electron chi connectivity index (χ0n) is 17.5. The summed E-state index contributed by atoms with van der Waals surface area (Å²) in [6.07, 6.45) is 19.2. The third kappa shape index (κ3) is 3.86. The Balaban J connectivity index is 1.05. The summed E-state index contributed by atoms with van der Waals surface area (Å²) < 4.78 is 19.3. The molecule has 6 rings (SSSR count). The van der Waals surface area contributed by atoms with Crippen LogP contribution in [0.3, 0.4) is 0 Å². The van der Waals surface area contributed by atoms with Crippen molar-refractivity contribution in [2.75, 3.05) is 0 Å². The average Bonchev–Trinajstić information content (AvgIpc) is 2.74. The highest BCUT2D eigenvalue weighted by Crippen LogP contribution is 2.50. The summed E-state index contributed by atoms with van der Waals surface area (Å²) in [5.74, 6) is 6.81. The molecule has 0 aromatic rings. The fourth-order valence-corrected chi connectivity index (χ4v) is 7.91. The Kier molecular flexibility index (Phi) is 5.57. The van der Waals surface area contributed by atoms with Crippen LogP contribution in [-0.4, -0.2) is 18.4 Å². The lowest BCUT2D eigenvalue weighted by atomic mass is 9.63. The van der Waals surface area contributed by atoms with Crippen LogP contribution in [0.1, 0.15) is 96.8 Å². The van der Waals surface area contributed by atoms with Gasteiger partial charge in [-0.05, 0) is 118 Å². The van der Waals surface area contributed by atoms with Gasteiger partial charge in [-0.15, -0.1) is 0 Å². The van der Waals surface area contributed by atoms with Gasteiger partial charge in [0.05, 0.1) is 12.2 Å². The molecule has 2 saturated heterocycles. The monoisotopic (exact) mass is 376 g/mol. The van der Waals surface area contributed by atoms with Gasteiger partial charge in [0.15, 0.2) is 6.17 Å². The summed E-state index contributed by atoms with van der Waals surface area (Å²) in [4.78, 5) is 0. The second-order valence-electron chi connectivity index (χ2n) is 11.3. The molecule has 0 aromatic heterocycles. The molecule has 0 amide bonds. The van der Waals surface area contributed by atoms with Crippen LogP contribution in [0.25, 0.3) is 0 Å². The lowest BCUT2D eigenvalue weighted by Crippen LogP contribution is -2.57. The van der Waals surface area contributed by atoms with Crippen LogP contribution in [-0.2, 0) is 4.74 Å². The molecule has 2 aliphatic heterocycles. The van der Waals surface area contributed by atoms with Gasteiger partial charge in [0.2, 0.25) is 0 Å². The van der Waals surface area contributed by atoms with E-state index in [1.807, 2.05) is 0 Å². The first-order valence-electron chi connectivity index (χ1n) is 12.5. The maximum atomic E-state index is 13.7. The molecule has 0 N–H and O–H groups in total. The summed E-state index contributed by atoms with van der Waals surface area (Å²) in [5, 5.41) is 0. The molecular formula is C25H41FO. The zero-order valence-corrected chi connectivity index (χ0v) is 17.5. The number of halogens is 1. The first-order valence-corrected chi connectivity index (χ1v) is 12.5. The van der Waals surface area contributed by atoms with Gasteiger partial charge in [0.25, 0.3) is 0 Å². The first-order chi connectivity index (χ1) is 13.2. The molecule has 2 unspecified atom stereocenters. The van der Waals surface area contributed by atoms with Crippen LogP contribution < -0.4 is 0 Å². The molecule has 6 aliphatic rings. The maximum Gasteiger partial charge on any atom is 0.152 e. The largest absolute Gasteiger partial charge is 0.369 e. The van der Waals surface area contributed by atoms with Crippen molar-refractivity contribution in [3.05, 3.63) is 0 Å². The SMILES string of the molecule is CC1CCC(C2CCC(C3CCC(C4CC5OC(C4)C5F)CC3)CC2)CC1. The fourth-order valence-electron chi connectivity index (χ4n) is 7.91. The van der Waals surface area contributed by atoms with E-state index < -0.39 is 6.17 Å². The standard InChI is InChI=1S/C25H41FO/c1-16-2-4-17(5-3-16)18-6-8-19(9-7-18)20-10-12-21(13-11-20)22-14-23-25(26)24(15-22)27-23/h16-25H,2-15H2,1H3. The molecule has 0 spiro atoms. The topological polar surface area (TPSA) is 9.23 Å².